The Morgan fingerprint density at radius 1 is 1.62 bits per heavy atom. The SMILES string of the molecule is O=C(CC1CCNC1)NCCn1cccn1. The van der Waals surface area contributed by atoms with Gasteiger partial charge in [0.25, 0.3) is 0 Å². The minimum atomic E-state index is 0.154. The van der Waals surface area contributed by atoms with Crippen LogP contribution in [-0.2, 0) is 11.3 Å². The summed E-state index contributed by atoms with van der Waals surface area (Å²) in [6, 6.07) is 1.88. The van der Waals surface area contributed by atoms with E-state index in [1.165, 1.54) is 0 Å². The van der Waals surface area contributed by atoms with Gasteiger partial charge in [-0.2, -0.15) is 5.10 Å². The first-order valence-corrected chi connectivity index (χ1v) is 5.79. The quantitative estimate of drug-likeness (QED) is 0.737. The number of hydrogen-bond donors (Lipinski definition) is 2. The van der Waals surface area contributed by atoms with Gasteiger partial charge in [-0.25, -0.2) is 0 Å². The highest BCUT2D eigenvalue weighted by atomic mass is 16.1. The molecule has 16 heavy (non-hydrogen) atoms. The summed E-state index contributed by atoms with van der Waals surface area (Å²) in [6.07, 6.45) is 5.40. The molecular formula is C11H18N4O. The minimum Gasteiger partial charge on any atom is -0.354 e. The lowest BCUT2D eigenvalue weighted by Crippen LogP contribution is -2.29. The first kappa shape index (κ1) is 11.1. The van der Waals surface area contributed by atoms with Crippen LogP contribution in [0.3, 0.4) is 0 Å². The van der Waals surface area contributed by atoms with Crippen LogP contribution >= 0.6 is 0 Å². The van der Waals surface area contributed by atoms with Crippen molar-refractivity contribution in [2.75, 3.05) is 19.6 Å². The van der Waals surface area contributed by atoms with Crippen molar-refractivity contribution in [3.63, 3.8) is 0 Å². The highest BCUT2D eigenvalue weighted by molar-refractivity contribution is 5.76. The smallest absolute Gasteiger partial charge is 0.220 e. The van der Waals surface area contributed by atoms with Gasteiger partial charge in [-0.05, 0) is 31.5 Å². The molecule has 2 rings (SSSR count). The molecule has 1 amide bonds. The van der Waals surface area contributed by atoms with Gasteiger partial charge in [-0.1, -0.05) is 0 Å². The third-order valence-electron chi connectivity index (χ3n) is 2.86. The molecule has 1 aliphatic heterocycles. The molecule has 0 saturated carbocycles. The molecule has 5 heteroatoms. The van der Waals surface area contributed by atoms with Crippen LogP contribution in [0.1, 0.15) is 12.8 Å². The largest absolute Gasteiger partial charge is 0.354 e. The maximum absolute atomic E-state index is 11.6. The average Bonchev–Trinajstić information content (AvgIpc) is 2.90. The minimum absolute atomic E-state index is 0.154. The van der Waals surface area contributed by atoms with Gasteiger partial charge in [0, 0.05) is 25.4 Å². The van der Waals surface area contributed by atoms with Gasteiger partial charge in [0.05, 0.1) is 6.54 Å². The Balaban J connectivity index is 1.60. The van der Waals surface area contributed by atoms with Gasteiger partial charge in [-0.15, -0.1) is 0 Å². The number of rotatable bonds is 5. The Morgan fingerprint density at radius 2 is 2.56 bits per heavy atom. The van der Waals surface area contributed by atoms with E-state index in [1.54, 1.807) is 6.20 Å². The molecular weight excluding hydrogens is 204 g/mol. The highest BCUT2D eigenvalue weighted by Gasteiger charge is 2.17. The molecule has 88 valence electrons. The summed E-state index contributed by atoms with van der Waals surface area (Å²) in [5.74, 6) is 0.672. The van der Waals surface area contributed by atoms with E-state index in [9.17, 15) is 4.79 Å². The van der Waals surface area contributed by atoms with Crippen LogP contribution in [0.25, 0.3) is 0 Å². The normalized spacial score (nSPS) is 19.9. The fourth-order valence-electron chi connectivity index (χ4n) is 1.97. The molecule has 2 heterocycles. The summed E-state index contributed by atoms with van der Waals surface area (Å²) in [7, 11) is 0. The summed E-state index contributed by atoms with van der Waals surface area (Å²) in [5.41, 5.74) is 0. The van der Waals surface area contributed by atoms with Crippen molar-refractivity contribution in [3.8, 4) is 0 Å². The molecule has 1 aromatic rings. The molecule has 0 spiro atoms. The Bertz CT molecular complexity index is 317. The van der Waals surface area contributed by atoms with E-state index in [2.05, 4.69) is 15.7 Å². The molecule has 0 bridgehead atoms. The van der Waals surface area contributed by atoms with E-state index in [1.807, 2.05) is 16.9 Å². The van der Waals surface area contributed by atoms with E-state index in [4.69, 9.17) is 0 Å². The van der Waals surface area contributed by atoms with Crippen molar-refractivity contribution in [1.29, 1.82) is 0 Å². The van der Waals surface area contributed by atoms with Crippen LogP contribution < -0.4 is 10.6 Å². The average molecular weight is 222 g/mol. The summed E-state index contributed by atoms with van der Waals surface area (Å²) in [4.78, 5) is 11.6. The summed E-state index contributed by atoms with van der Waals surface area (Å²) in [6.45, 7) is 3.42. The topological polar surface area (TPSA) is 59.0 Å². The maximum atomic E-state index is 11.6. The van der Waals surface area contributed by atoms with Gasteiger partial charge in [0.15, 0.2) is 0 Å². The monoisotopic (exact) mass is 222 g/mol. The van der Waals surface area contributed by atoms with Crippen molar-refractivity contribution >= 4 is 5.91 Å². The van der Waals surface area contributed by atoms with Crippen molar-refractivity contribution < 1.29 is 4.79 Å². The van der Waals surface area contributed by atoms with Gasteiger partial charge in [0.1, 0.15) is 0 Å². The molecule has 1 unspecified atom stereocenters. The van der Waals surface area contributed by atoms with Crippen LogP contribution in [-0.4, -0.2) is 35.3 Å². The molecule has 1 fully saturated rings. The lowest BCUT2D eigenvalue weighted by Gasteiger charge is -2.09. The third kappa shape index (κ3) is 3.34. The predicted molar refractivity (Wildman–Crippen MR) is 60.8 cm³/mol. The first-order chi connectivity index (χ1) is 7.84. The van der Waals surface area contributed by atoms with E-state index >= 15 is 0 Å². The zero-order chi connectivity index (χ0) is 11.2. The van der Waals surface area contributed by atoms with Gasteiger partial charge >= 0.3 is 0 Å². The second-order valence-corrected chi connectivity index (χ2v) is 4.18. The first-order valence-electron chi connectivity index (χ1n) is 5.79. The van der Waals surface area contributed by atoms with E-state index in [0.29, 0.717) is 18.9 Å². The second-order valence-electron chi connectivity index (χ2n) is 4.18. The fourth-order valence-corrected chi connectivity index (χ4v) is 1.97. The molecule has 0 aliphatic carbocycles. The molecule has 0 radical (unpaired) electrons. The number of carbonyl (C=O) groups excluding carboxylic acids is 1. The summed E-state index contributed by atoms with van der Waals surface area (Å²) >= 11 is 0. The number of nitrogens with one attached hydrogen (secondary N) is 2. The van der Waals surface area contributed by atoms with Crippen LogP contribution in [0.4, 0.5) is 0 Å². The van der Waals surface area contributed by atoms with Gasteiger partial charge in [-0.3, -0.25) is 9.48 Å². The Kier molecular flexibility index (Phi) is 3.93. The fraction of sp³-hybridized carbons (Fsp3) is 0.636. The van der Waals surface area contributed by atoms with Gasteiger partial charge < -0.3 is 10.6 Å². The molecule has 0 aromatic carbocycles. The molecule has 5 nitrogen and oxygen atoms in total. The molecule has 2 N–H and O–H groups in total. The Labute approximate surface area is 95.2 Å². The number of amides is 1. The maximum Gasteiger partial charge on any atom is 0.220 e. The molecule has 1 aliphatic rings. The van der Waals surface area contributed by atoms with Crippen molar-refractivity contribution in [3.05, 3.63) is 18.5 Å². The third-order valence-corrected chi connectivity index (χ3v) is 2.86. The van der Waals surface area contributed by atoms with Crippen molar-refractivity contribution in [1.82, 2.24) is 20.4 Å². The number of aromatic nitrogens is 2. The van der Waals surface area contributed by atoms with E-state index in [0.717, 1.165) is 26.1 Å². The lowest BCUT2D eigenvalue weighted by atomic mass is 10.0. The molecule has 1 atom stereocenters. The number of hydrogen-bond acceptors (Lipinski definition) is 3. The Morgan fingerprint density at radius 3 is 3.25 bits per heavy atom. The highest BCUT2D eigenvalue weighted by Crippen LogP contribution is 2.11. The van der Waals surface area contributed by atoms with Crippen molar-refractivity contribution in [2.45, 2.75) is 19.4 Å². The van der Waals surface area contributed by atoms with Crippen LogP contribution in [0.15, 0.2) is 18.5 Å². The van der Waals surface area contributed by atoms with Crippen LogP contribution in [0.5, 0.6) is 0 Å². The Hall–Kier alpha value is -1.36. The molecule has 1 saturated heterocycles. The number of nitrogens with zero attached hydrogens (tertiary/aromatic N) is 2. The predicted octanol–water partition coefficient (Wildman–Crippen LogP) is -0.00110. The lowest BCUT2D eigenvalue weighted by molar-refractivity contribution is -0.121. The van der Waals surface area contributed by atoms with E-state index < -0.39 is 0 Å². The zero-order valence-corrected chi connectivity index (χ0v) is 9.35. The van der Waals surface area contributed by atoms with Crippen LogP contribution in [0.2, 0.25) is 0 Å². The second kappa shape index (κ2) is 5.65. The van der Waals surface area contributed by atoms with E-state index in [-0.39, 0.29) is 5.91 Å². The summed E-state index contributed by atoms with van der Waals surface area (Å²) in [5, 5.41) is 10.3. The standard InChI is InChI=1S/C11H18N4O/c16-11(8-10-2-4-12-9-10)13-5-7-15-6-1-3-14-15/h1,3,6,10,12H,2,4-5,7-9H2,(H,13,16). The van der Waals surface area contributed by atoms with Crippen LogP contribution in [0, 0.1) is 5.92 Å². The number of carbonyl (C=O) groups is 1. The molecule has 1 aromatic heterocycles. The van der Waals surface area contributed by atoms with Gasteiger partial charge in [0.2, 0.25) is 5.91 Å². The summed E-state index contributed by atoms with van der Waals surface area (Å²) < 4.78 is 1.82. The zero-order valence-electron chi connectivity index (χ0n) is 9.35. The van der Waals surface area contributed by atoms with Crippen molar-refractivity contribution in [2.24, 2.45) is 5.92 Å².